The molecule has 2 unspecified atom stereocenters. The number of phosphoric ester groups is 1. The predicted molar refractivity (Wildman–Crippen MR) is 254 cm³/mol. The molecular formula is C51H88NO8P. The van der Waals surface area contributed by atoms with Gasteiger partial charge >= 0.3 is 11.9 Å². The maximum absolute atomic E-state index is 12.7. The summed E-state index contributed by atoms with van der Waals surface area (Å²) in [6.45, 7) is 4.04. The summed E-state index contributed by atoms with van der Waals surface area (Å²) in [6, 6.07) is 0. The lowest BCUT2D eigenvalue weighted by atomic mass is 10.1. The van der Waals surface area contributed by atoms with Crippen molar-refractivity contribution in [2.45, 2.75) is 180 Å². The highest BCUT2D eigenvalue weighted by Gasteiger charge is 2.21. The summed E-state index contributed by atoms with van der Waals surface area (Å²) in [6.07, 6.45) is 54.6. The third-order valence-corrected chi connectivity index (χ3v) is 10.6. The highest BCUT2D eigenvalue weighted by Crippen LogP contribution is 2.38. The van der Waals surface area contributed by atoms with Crippen LogP contribution < -0.4 is 4.89 Å². The fourth-order valence-corrected chi connectivity index (χ4v) is 6.67. The number of phosphoric acid groups is 1. The van der Waals surface area contributed by atoms with Gasteiger partial charge < -0.3 is 27.9 Å². The number of nitrogens with zero attached hydrogens (tertiary/aromatic N) is 1. The van der Waals surface area contributed by atoms with E-state index in [4.69, 9.17) is 18.5 Å². The Morgan fingerprint density at radius 2 is 0.934 bits per heavy atom. The van der Waals surface area contributed by atoms with Crippen LogP contribution >= 0.6 is 7.82 Å². The van der Waals surface area contributed by atoms with E-state index in [1.807, 2.05) is 21.1 Å². The highest BCUT2D eigenvalue weighted by atomic mass is 31.2. The van der Waals surface area contributed by atoms with Crippen molar-refractivity contribution in [2.24, 2.45) is 0 Å². The molecule has 0 aromatic heterocycles. The quantitative estimate of drug-likeness (QED) is 0.0196. The molecule has 0 aromatic rings. The Bertz CT molecular complexity index is 1310. The van der Waals surface area contributed by atoms with Crippen LogP contribution in [0.2, 0.25) is 0 Å². The van der Waals surface area contributed by atoms with Crippen LogP contribution in [-0.2, 0) is 32.7 Å². The molecule has 0 N–H and O–H groups in total. The Kier molecular flexibility index (Phi) is 40.5. The highest BCUT2D eigenvalue weighted by molar-refractivity contribution is 7.45. The molecule has 0 aromatic carbocycles. The summed E-state index contributed by atoms with van der Waals surface area (Å²) in [4.78, 5) is 37.6. The molecule has 0 spiro atoms. The van der Waals surface area contributed by atoms with E-state index in [1.54, 1.807) is 0 Å². The Balaban J connectivity index is 4.41. The van der Waals surface area contributed by atoms with Gasteiger partial charge in [0.15, 0.2) is 6.10 Å². The van der Waals surface area contributed by atoms with Crippen molar-refractivity contribution >= 4 is 19.8 Å². The number of hydrogen-bond acceptors (Lipinski definition) is 8. The smallest absolute Gasteiger partial charge is 0.306 e. The number of unbranched alkanes of at least 4 members (excludes halogenated alkanes) is 14. The number of rotatable bonds is 42. The number of likely N-dealkylation sites (N-methyl/N-ethyl adjacent to an activating group) is 1. The first-order valence-electron chi connectivity index (χ1n) is 23.8. The van der Waals surface area contributed by atoms with Gasteiger partial charge in [0.1, 0.15) is 19.8 Å². The number of ether oxygens (including phenoxy) is 2. The molecule has 9 nitrogen and oxygen atoms in total. The van der Waals surface area contributed by atoms with E-state index in [0.29, 0.717) is 23.9 Å². The molecule has 61 heavy (non-hydrogen) atoms. The fraction of sp³-hybridized carbons (Fsp3) is 0.686. The van der Waals surface area contributed by atoms with Gasteiger partial charge in [-0.05, 0) is 89.9 Å². The van der Waals surface area contributed by atoms with E-state index in [2.05, 4.69) is 98.9 Å². The van der Waals surface area contributed by atoms with Gasteiger partial charge in [-0.15, -0.1) is 0 Å². The molecule has 350 valence electrons. The van der Waals surface area contributed by atoms with E-state index in [-0.39, 0.29) is 26.1 Å². The lowest BCUT2D eigenvalue weighted by Crippen LogP contribution is -2.37. The second-order valence-corrected chi connectivity index (χ2v) is 18.1. The molecule has 10 heteroatoms. The standard InChI is InChI=1S/C51H88NO8P/c1-6-8-10-12-14-16-18-20-22-24-26-28-30-32-34-36-38-40-42-44-51(54)60-49(48-59-61(55,56)58-46-45-52(3,4)5)47-57-50(53)43-41-39-37-35-33-31-29-27-25-23-21-19-17-15-13-11-9-7-2/h8,10,14,16-17,19-20,22-23,25-26,28,32,34,49H,6-7,9,11-13,15,18,21,24,27,29-31,33,35-48H2,1-5H3/b10-8-,16-14-,19-17-,22-20-,25-23-,28-26-,34-32-. The molecule has 0 saturated carbocycles. The summed E-state index contributed by atoms with van der Waals surface area (Å²) in [5.74, 6) is -0.887. The fourth-order valence-electron chi connectivity index (χ4n) is 5.95. The van der Waals surface area contributed by atoms with Crippen LogP contribution in [0.5, 0.6) is 0 Å². The average molecular weight is 874 g/mol. The van der Waals surface area contributed by atoms with Crippen molar-refractivity contribution in [3.05, 3.63) is 85.1 Å². The summed E-state index contributed by atoms with van der Waals surface area (Å²) in [5.41, 5.74) is 0. The van der Waals surface area contributed by atoms with Crippen molar-refractivity contribution in [3.8, 4) is 0 Å². The molecule has 2 atom stereocenters. The zero-order valence-corrected chi connectivity index (χ0v) is 40.2. The summed E-state index contributed by atoms with van der Waals surface area (Å²) < 4.78 is 33.9. The molecule has 0 aliphatic rings. The second kappa shape index (κ2) is 42.5. The maximum atomic E-state index is 12.7. The summed E-state index contributed by atoms with van der Waals surface area (Å²) >= 11 is 0. The molecule has 0 heterocycles. The topological polar surface area (TPSA) is 111 Å². The largest absolute Gasteiger partial charge is 0.756 e. The van der Waals surface area contributed by atoms with Gasteiger partial charge in [0.25, 0.3) is 7.82 Å². The van der Waals surface area contributed by atoms with Crippen LogP contribution in [0, 0.1) is 0 Å². The van der Waals surface area contributed by atoms with Crippen LogP contribution in [0.25, 0.3) is 0 Å². The van der Waals surface area contributed by atoms with Gasteiger partial charge in [0.05, 0.1) is 27.7 Å². The Morgan fingerprint density at radius 3 is 1.41 bits per heavy atom. The van der Waals surface area contributed by atoms with Crippen molar-refractivity contribution in [1.82, 2.24) is 0 Å². The Labute approximate surface area is 373 Å². The Hall–Kier alpha value is -2.81. The van der Waals surface area contributed by atoms with E-state index < -0.39 is 32.5 Å². The SMILES string of the molecule is CC/C=C\C/C=C\C/C=C\C/C=C\C/C=C\CCCCCC(=O)OC(COC(=O)CCCCCCCCC/C=C\C/C=C\CCCCCC)COP(=O)([O-])OCC[N+](C)(C)C. The average Bonchev–Trinajstić information content (AvgIpc) is 3.21. The number of quaternary nitrogens is 1. The first kappa shape index (κ1) is 58.2. The van der Waals surface area contributed by atoms with Crippen molar-refractivity contribution in [1.29, 1.82) is 0 Å². The van der Waals surface area contributed by atoms with Gasteiger partial charge in [-0.2, -0.15) is 0 Å². The van der Waals surface area contributed by atoms with Crippen molar-refractivity contribution in [3.63, 3.8) is 0 Å². The first-order valence-corrected chi connectivity index (χ1v) is 25.3. The van der Waals surface area contributed by atoms with Gasteiger partial charge in [0.2, 0.25) is 0 Å². The lowest BCUT2D eigenvalue weighted by Gasteiger charge is -2.28. The first-order chi connectivity index (χ1) is 29.5. The van der Waals surface area contributed by atoms with E-state index in [0.717, 1.165) is 83.5 Å². The minimum atomic E-state index is -4.64. The van der Waals surface area contributed by atoms with Gasteiger partial charge in [-0.1, -0.05) is 157 Å². The number of esters is 2. The molecule has 0 aliphatic heterocycles. The van der Waals surface area contributed by atoms with Crippen LogP contribution in [0.15, 0.2) is 85.1 Å². The maximum Gasteiger partial charge on any atom is 0.306 e. The van der Waals surface area contributed by atoms with Crippen LogP contribution in [0.3, 0.4) is 0 Å². The third-order valence-electron chi connectivity index (χ3n) is 9.65. The molecule has 0 fully saturated rings. The number of carbonyl (C=O) groups is 2. The van der Waals surface area contributed by atoms with E-state index in [1.165, 1.54) is 51.4 Å². The number of carbonyl (C=O) groups excluding carboxylic acids is 2. The molecular weight excluding hydrogens is 786 g/mol. The van der Waals surface area contributed by atoms with E-state index in [9.17, 15) is 19.0 Å². The third kappa shape index (κ3) is 46.5. The van der Waals surface area contributed by atoms with Gasteiger partial charge in [-0.3, -0.25) is 14.2 Å². The zero-order chi connectivity index (χ0) is 45.0. The summed E-state index contributed by atoms with van der Waals surface area (Å²) in [7, 11) is 1.12. The van der Waals surface area contributed by atoms with Crippen LogP contribution in [0.4, 0.5) is 0 Å². The second-order valence-electron chi connectivity index (χ2n) is 16.7. The van der Waals surface area contributed by atoms with Crippen LogP contribution in [0.1, 0.15) is 174 Å². The predicted octanol–water partition coefficient (Wildman–Crippen LogP) is 13.3. The normalized spacial score (nSPS) is 14.3. The number of allylic oxidation sites excluding steroid dienone is 14. The van der Waals surface area contributed by atoms with Gasteiger partial charge in [0, 0.05) is 12.8 Å². The molecule has 0 amide bonds. The number of hydrogen-bond donors (Lipinski definition) is 0. The monoisotopic (exact) mass is 874 g/mol. The van der Waals surface area contributed by atoms with Crippen LogP contribution in [-0.4, -0.2) is 70.0 Å². The van der Waals surface area contributed by atoms with E-state index >= 15 is 0 Å². The molecule has 0 saturated heterocycles. The molecule has 0 aliphatic carbocycles. The Morgan fingerprint density at radius 1 is 0.525 bits per heavy atom. The van der Waals surface area contributed by atoms with Crippen molar-refractivity contribution in [2.75, 3.05) is 47.5 Å². The van der Waals surface area contributed by atoms with Gasteiger partial charge in [-0.25, -0.2) is 0 Å². The minimum Gasteiger partial charge on any atom is -0.756 e. The minimum absolute atomic E-state index is 0.0436. The molecule has 0 rings (SSSR count). The molecule has 0 bridgehead atoms. The zero-order valence-electron chi connectivity index (χ0n) is 39.3. The lowest BCUT2D eigenvalue weighted by molar-refractivity contribution is -0.870. The van der Waals surface area contributed by atoms with Crippen molar-refractivity contribution < 1.29 is 42.1 Å². The molecule has 0 radical (unpaired) electrons. The summed E-state index contributed by atoms with van der Waals surface area (Å²) in [5, 5.41) is 0.